The van der Waals surface area contributed by atoms with Gasteiger partial charge in [-0.15, -0.1) is 0 Å². The average Bonchev–Trinajstić information content (AvgIpc) is 2.49. The SMILES string of the molecule is CC(N)c1noc(C(F)(F)C(F)(F)F)n1. The van der Waals surface area contributed by atoms with Crippen LogP contribution in [-0.2, 0) is 5.92 Å². The van der Waals surface area contributed by atoms with E-state index in [0.29, 0.717) is 0 Å². The molecule has 0 spiro atoms. The Bertz CT molecular complexity index is 345. The van der Waals surface area contributed by atoms with Crippen LogP contribution >= 0.6 is 0 Å². The number of halogens is 5. The molecule has 1 rings (SSSR count). The Hall–Kier alpha value is -1.25. The zero-order chi connectivity index (χ0) is 11.9. The minimum atomic E-state index is -5.77. The molecule has 1 unspecified atom stereocenters. The summed E-state index contributed by atoms with van der Waals surface area (Å²) in [6.45, 7) is 1.32. The third kappa shape index (κ3) is 2.06. The Labute approximate surface area is 80.2 Å². The molecule has 0 saturated heterocycles. The molecule has 0 amide bonds. The van der Waals surface area contributed by atoms with E-state index < -0.39 is 29.9 Å². The van der Waals surface area contributed by atoms with Crippen LogP contribution in [0.3, 0.4) is 0 Å². The molecule has 9 heteroatoms. The van der Waals surface area contributed by atoms with Crippen molar-refractivity contribution in [2.45, 2.75) is 25.1 Å². The molecular formula is C6H6F5N3O. The van der Waals surface area contributed by atoms with Crippen LogP contribution in [0.1, 0.15) is 24.7 Å². The summed E-state index contributed by atoms with van der Waals surface area (Å²) in [5.74, 6) is -7.37. The van der Waals surface area contributed by atoms with Gasteiger partial charge in [0.1, 0.15) is 0 Å². The number of nitrogens with zero attached hydrogens (tertiary/aromatic N) is 2. The lowest BCUT2D eigenvalue weighted by Gasteiger charge is -2.14. The van der Waals surface area contributed by atoms with Crippen LogP contribution < -0.4 is 5.73 Å². The molecule has 0 aromatic carbocycles. The molecule has 1 heterocycles. The first-order valence-corrected chi connectivity index (χ1v) is 3.70. The normalized spacial score (nSPS) is 15.4. The van der Waals surface area contributed by atoms with E-state index in [9.17, 15) is 22.0 Å². The Kier molecular flexibility index (Phi) is 2.68. The number of rotatable bonds is 2. The second kappa shape index (κ2) is 3.40. The fourth-order valence-corrected chi connectivity index (χ4v) is 0.669. The van der Waals surface area contributed by atoms with E-state index in [1.165, 1.54) is 6.92 Å². The predicted molar refractivity (Wildman–Crippen MR) is 36.8 cm³/mol. The molecule has 15 heavy (non-hydrogen) atoms. The maximum atomic E-state index is 12.6. The van der Waals surface area contributed by atoms with Gasteiger partial charge in [0.05, 0.1) is 6.04 Å². The summed E-state index contributed by atoms with van der Waals surface area (Å²) in [6.07, 6.45) is -5.77. The Morgan fingerprint density at radius 2 is 1.80 bits per heavy atom. The maximum Gasteiger partial charge on any atom is 0.463 e. The molecule has 0 bridgehead atoms. The molecule has 0 aliphatic rings. The highest BCUT2D eigenvalue weighted by molar-refractivity contribution is 4.99. The first kappa shape index (κ1) is 11.8. The van der Waals surface area contributed by atoms with E-state index >= 15 is 0 Å². The van der Waals surface area contributed by atoms with E-state index in [-0.39, 0.29) is 0 Å². The van der Waals surface area contributed by atoms with Crippen LogP contribution in [0.4, 0.5) is 22.0 Å². The van der Waals surface area contributed by atoms with Gasteiger partial charge in [-0.1, -0.05) is 5.16 Å². The second-order valence-electron chi connectivity index (χ2n) is 2.82. The van der Waals surface area contributed by atoms with Crippen molar-refractivity contribution in [3.05, 3.63) is 11.7 Å². The first-order chi connectivity index (χ1) is 6.66. The van der Waals surface area contributed by atoms with Crippen molar-refractivity contribution >= 4 is 0 Å². The lowest BCUT2D eigenvalue weighted by molar-refractivity contribution is -0.298. The zero-order valence-corrected chi connectivity index (χ0v) is 7.35. The lowest BCUT2D eigenvalue weighted by atomic mass is 10.3. The van der Waals surface area contributed by atoms with Crippen LogP contribution in [0.2, 0.25) is 0 Å². The van der Waals surface area contributed by atoms with E-state index in [1.54, 1.807) is 0 Å². The van der Waals surface area contributed by atoms with Gasteiger partial charge < -0.3 is 10.3 Å². The second-order valence-corrected chi connectivity index (χ2v) is 2.82. The van der Waals surface area contributed by atoms with Crippen molar-refractivity contribution in [3.63, 3.8) is 0 Å². The Morgan fingerprint density at radius 1 is 1.27 bits per heavy atom. The highest BCUT2D eigenvalue weighted by Gasteiger charge is 2.63. The van der Waals surface area contributed by atoms with Crippen molar-refractivity contribution < 1.29 is 26.5 Å². The van der Waals surface area contributed by atoms with Crippen molar-refractivity contribution in [2.24, 2.45) is 5.73 Å². The molecule has 0 saturated carbocycles. The molecule has 0 aliphatic carbocycles. The molecular weight excluding hydrogens is 225 g/mol. The van der Waals surface area contributed by atoms with Crippen molar-refractivity contribution in [1.29, 1.82) is 0 Å². The summed E-state index contributed by atoms with van der Waals surface area (Å²) in [7, 11) is 0. The van der Waals surface area contributed by atoms with E-state index in [0.717, 1.165) is 0 Å². The van der Waals surface area contributed by atoms with Crippen LogP contribution in [0.15, 0.2) is 4.52 Å². The number of nitrogens with two attached hydrogens (primary N) is 1. The fraction of sp³-hybridized carbons (Fsp3) is 0.667. The largest absolute Gasteiger partial charge is 0.463 e. The molecule has 0 fully saturated rings. The van der Waals surface area contributed by atoms with Crippen LogP contribution in [0.25, 0.3) is 0 Å². The molecule has 86 valence electrons. The molecule has 0 aliphatic heterocycles. The Balaban J connectivity index is 3.06. The minimum absolute atomic E-state index is 0.408. The average molecular weight is 231 g/mol. The van der Waals surface area contributed by atoms with Crippen molar-refractivity contribution in [3.8, 4) is 0 Å². The quantitative estimate of drug-likeness (QED) is 0.787. The summed E-state index contributed by atoms with van der Waals surface area (Å²) >= 11 is 0. The van der Waals surface area contributed by atoms with Crippen molar-refractivity contribution in [2.75, 3.05) is 0 Å². The summed E-state index contributed by atoms with van der Waals surface area (Å²) < 4.78 is 64.4. The third-order valence-corrected chi connectivity index (χ3v) is 1.47. The summed E-state index contributed by atoms with van der Waals surface area (Å²) in [5.41, 5.74) is 5.17. The molecule has 0 radical (unpaired) electrons. The zero-order valence-electron chi connectivity index (χ0n) is 7.35. The maximum absolute atomic E-state index is 12.6. The van der Waals surface area contributed by atoms with Gasteiger partial charge in [0.25, 0.3) is 0 Å². The van der Waals surface area contributed by atoms with Gasteiger partial charge >= 0.3 is 18.0 Å². The molecule has 1 aromatic heterocycles. The fourth-order valence-electron chi connectivity index (χ4n) is 0.669. The Morgan fingerprint density at radius 3 is 2.13 bits per heavy atom. The van der Waals surface area contributed by atoms with Gasteiger partial charge in [-0.05, 0) is 6.92 Å². The smallest absolute Gasteiger partial charge is 0.332 e. The third-order valence-electron chi connectivity index (χ3n) is 1.47. The van der Waals surface area contributed by atoms with Gasteiger partial charge in [0.2, 0.25) is 0 Å². The number of hydrogen-bond acceptors (Lipinski definition) is 4. The van der Waals surface area contributed by atoms with Gasteiger partial charge in [-0.2, -0.15) is 26.9 Å². The van der Waals surface area contributed by atoms with Crippen LogP contribution in [-0.4, -0.2) is 16.3 Å². The molecule has 1 aromatic rings. The predicted octanol–water partition coefficient (Wildman–Crippen LogP) is 1.74. The van der Waals surface area contributed by atoms with E-state index in [2.05, 4.69) is 14.7 Å². The highest BCUT2D eigenvalue weighted by atomic mass is 19.4. The lowest BCUT2D eigenvalue weighted by Crippen LogP contribution is -2.34. The summed E-state index contributed by atoms with van der Waals surface area (Å²) in [4.78, 5) is 2.88. The van der Waals surface area contributed by atoms with Gasteiger partial charge in [0, 0.05) is 0 Å². The molecule has 1 atom stereocenters. The van der Waals surface area contributed by atoms with Crippen LogP contribution in [0.5, 0.6) is 0 Å². The topological polar surface area (TPSA) is 64.9 Å². The van der Waals surface area contributed by atoms with E-state index in [1.807, 2.05) is 0 Å². The summed E-state index contributed by atoms with van der Waals surface area (Å²) in [6, 6.07) is -0.883. The molecule has 2 N–H and O–H groups in total. The number of alkyl halides is 5. The molecule has 4 nitrogen and oxygen atoms in total. The van der Waals surface area contributed by atoms with Gasteiger partial charge in [0.15, 0.2) is 5.82 Å². The van der Waals surface area contributed by atoms with Gasteiger partial charge in [-0.3, -0.25) is 0 Å². The first-order valence-electron chi connectivity index (χ1n) is 3.70. The van der Waals surface area contributed by atoms with E-state index in [4.69, 9.17) is 5.73 Å². The monoisotopic (exact) mass is 231 g/mol. The van der Waals surface area contributed by atoms with Crippen molar-refractivity contribution in [1.82, 2.24) is 10.1 Å². The highest BCUT2D eigenvalue weighted by Crippen LogP contribution is 2.42. The summed E-state index contributed by atoms with van der Waals surface area (Å²) in [5, 5.41) is 2.90. The van der Waals surface area contributed by atoms with Crippen LogP contribution in [0, 0.1) is 0 Å². The standard InChI is InChI=1S/C6H6F5N3O/c1-2(12)3-13-4(15-14-3)5(7,8)6(9,10)11/h2H,12H2,1H3. The minimum Gasteiger partial charge on any atom is -0.332 e. The number of aromatic nitrogens is 2. The van der Waals surface area contributed by atoms with Gasteiger partial charge in [-0.25, -0.2) is 0 Å². The number of hydrogen-bond donors (Lipinski definition) is 1.